The molecule has 0 aliphatic rings. The fraction of sp³-hybridized carbons (Fsp3) is 0.176. The molecule has 4 nitrogen and oxygen atoms in total. The molecule has 0 aliphatic heterocycles. The molecule has 0 aliphatic carbocycles. The lowest BCUT2D eigenvalue weighted by atomic mass is 10.1. The largest absolute Gasteiger partial charge is 0.398 e. The molecule has 2 N–H and O–H groups in total. The summed E-state index contributed by atoms with van der Waals surface area (Å²) in [6.07, 6.45) is 0. The molecule has 2 aromatic rings. The van der Waals surface area contributed by atoms with E-state index < -0.39 is 0 Å². The van der Waals surface area contributed by atoms with E-state index in [9.17, 15) is 4.79 Å². The Labute approximate surface area is 124 Å². The molecular formula is C17H17N3O. The standard InChI is InChI=1S/C17H17N3O/c1-12-6-7-15(16(19)8-12)17(21)20(2)11-14-5-3-4-13(9-14)10-18/h3-9H,11,19H2,1-2H3. The topological polar surface area (TPSA) is 70.1 Å². The SMILES string of the molecule is Cc1ccc(C(=O)N(C)Cc2cccc(C#N)c2)c(N)c1. The zero-order valence-corrected chi connectivity index (χ0v) is 12.1. The number of rotatable bonds is 3. The van der Waals surface area contributed by atoms with Gasteiger partial charge in [0.25, 0.3) is 5.91 Å². The Bertz CT molecular complexity index is 716. The minimum Gasteiger partial charge on any atom is -0.398 e. The smallest absolute Gasteiger partial charge is 0.255 e. The summed E-state index contributed by atoms with van der Waals surface area (Å²) in [5.41, 5.74) is 9.41. The van der Waals surface area contributed by atoms with Gasteiger partial charge in [-0.2, -0.15) is 5.26 Å². The molecular weight excluding hydrogens is 262 g/mol. The molecule has 0 aromatic heterocycles. The number of carbonyl (C=O) groups is 1. The zero-order chi connectivity index (χ0) is 15.4. The van der Waals surface area contributed by atoms with Gasteiger partial charge in [0, 0.05) is 19.3 Å². The number of hydrogen-bond acceptors (Lipinski definition) is 3. The highest BCUT2D eigenvalue weighted by Crippen LogP contribution is 2.17. The fourth-order valence-corrected chi connectivity index (χ4v) is 2.17. The molecule has 0 bridgehead atoms. The first-order chi connectivity index (χ1) is 10.0. The Balaban J connectivity index is 2.17. The average Bonchev–Trinajstić information content (AvgIpc) is 2.46. The lowest BCUT2D eigenvalue weighted by molar-refractivity contribution is 0.0786. The highest BCUT2D eigenvalue weighted by molar-refractivity contribution is 5.99. The van der Waals surface area contributed by atoms with E-state index in [-0.39, 0.29) is 5.91 Å². The van der Waals surface area contributed by atoms with Crippen LogP contribution in [0.15, 0.2) is 42.5 Å². The van der Waals surface area contributed by atoms with Crippen LogP contribution in [0.2, 0.25) is 0 Å². The van der Waals surface area contributed by atoms with E-state index in [0.29, 0.717) is 23.4 Å². The van der Waals surface area contributed by atoms with Gasteiger partial charge in [0.05, 0.1) is 17.2 Å². The molecule has 2 aromatic carbocycles. The van der Waals surface area contributed by atoms with Crippen molar-refractivity contribution >= 4 is 11.6 Å². The predicted octanol–water partition coefficient (Wildman–Crippen LogP) is 2.72. The highest BCUT2D eigenvalue weighted by Gasteiger charge is 2.15. The first-order valence-electron chi connectivity index (χ1n) is 6.62. The van der Waals surface area contributed by atoms with Crippen LogP contribution < -0.4 is 5.73 Å². The van der Waals surface area contributed by atoms with Crippen molar-refractivity contribution < 1.29 is 4.79 Å². The molecule has 1 amide bonds. The molecule has 0 saturated carbocycles. The molecule has 106 valence electrons. The quantitative estimate of drug-likeness (QED) is 0.878. The van der Waals surface area contributed by atoms with Gasteiger partial charge in [-0.25, -0.2) is 0 Å². The number of amides is 1. The van der Waals surface area contributed by atoms with Crippen LogP contribution >= 0.6 is 0 Å². The molecule has 0 radical (unpaired) electrons. The van der Waals surface area contributed by atoms with Crippen molar-refractivity contribution in [2.24, 2.45) is 0 Å². The number of nitrogen functional groups attached to an aromatic ring is 1. The van der Waals surface area contributed by atoms with E-state index in [2.05, 4.69) is 6.07 Å². The minimum absolute atomic E-state index is 0.130. The summed E-state index contributed by atoms with van der Waals surface area (Å²) in [5, 5.41) is 8.90. The van der Waals surface area contributed by atoms with Crippen molar-refractivity contribution in [2.45, 2.75) is 13.5 Å². The van der Waals surface area contributed by atoms with Crippen molar-refractivity contribution in [1.82, 2.24) is 4.90 Å². The van der Waals surface area contributed by atoms with E-state index in [0.717, 1.165) is 11.1 Å². The summed E-state index contributed by atoms with van der Waals surface area (Å²) in [4.78, 5) is 14.0. The van der Waals surface area contributed by atoms with Crippen LogP contribution in [0.25, 0.3) is 0 Å². The summed E-state index contributed by atoms with van der Waals surface area (Å²) in [6.45, 7) is 2.36. The minimum atomic E-state index is -0.130. The lowest BCUT2D eigenvalue weighted by Gasteiger charge is -2.18. The van der Waals surface area contributed by atoms with Gasteiger partial charge in [0.2, 0.25) is 0 Å². The molecule has 4 heteroatoms. The number of nitriles is 1. The van der Waals surface area contributed by atoms with Crippen LogP contribution in [0.4, 0.5) is 5.69 Å². The normalized spacial score (nSPS) is 9.95. The first kappa shape index (κ1) is 14.6. The fourth-order valence-electron chi connectivity index (χ4n) is 2.17. The number of aryl methyl sites for hydroxylation is 1. The molecule has 0 fully saturated rings. The van der Waals surface area contributed by atoms with Crippen LogP contribution in [-0.2, 0) is 6.54 Å². The second-order valence-corrected chi connectivity index (χ2v) is 5.06. The van der Waals surface area contributed by atoms with Crippen molar-refractivity contribution in [3.8, 4) is 6.07 Å². The highest BCUT2D eigenvalue weighted by atomic mass is 16.2. The summed E-state index contributed by atoms with van der Waals surface area (Å²) in [7, 11) is 1.72. The number of anilines is 1. The Morgan fingerprint density at radius 1 is 1.29 bits per heavy atom. The van der Waals surface area contributed by atoms with Gasteiger partial charge in [-0.05, 0) is 42.3 Å². The maximum atomic E-state index is 12.4. The summed E-state index contributed by atoms with van der Waals surface area (Å²) in [5.74, 6) is -0.130. The van der Waals surface area contributed by atoms with Crippen LogP contribution in [0.5, 0.6) is 0 Å². The van der Waals surface area contributed by atoms with Gasteiger partial charge in [-0.3, -0.25) is 4.79 Å². The Morgan fingerprint density at radius 2 is 2.05 bits per heavy atom. The second-order valence-electron chi connectivity index (χ2n) is 5.06. The maximum absolute atomic E-state index is 12.4. The number of nitrogens with two attached hydrogens (primary N) is 1. The summed E-state index contributed by atoms with van der Waals surface area (Å²) < 4.78 is 0. The van der Waals surface area contributed by atoms with E-state index in [1.165, 1.54) is 0 Å². The van der Waals surface area contributed by atoms with E-state index in [4.69, 9.17) is 11.0 Å². The number of nitrogens with zero attached hydrogens (tertiary/aromatic N) is 2. The zero-order valence-electron chi connectivity index (χ0n) is 12.1. The van der Waals surface area contributed by atoms with Gasteiger partial charge in [-0.1, -0.05) is 18.2 Å². The van der Waals surface area contributed by atoms with Gasteiger partial charge in [0.15, 0.2) is 0 Å². The first-order valence-corrected chi connectivity index (χ1v) is 6.62. The number of benzene rings is 2. The average molecular weight is 279 g/mol. The molecule has 0 unspecified atom stereocenters. The molecule has 0 spiro atoms. The van der Waals surface area contributed by atoms with Crippen molar-refractivity contribution in [3.63, 3.8) is 0 Å². The van der Waals surface area contributed by atoms with Crippen LogP contribution in [0.3, 0.4) is 0 Å². The third kappa shape index (κ3) is 3.40. The van der Waals surface area contributed by atoms with Crippen LogP contribution in [0, 0.1) is 18.3 Å². The Hall–Kier alpha value is -2.80. The summed E-state index contributed by atoms with van der Waals surface area (Å²) in [6, 6.07) is 14.7. The van der Waals surface area contributed by atoms with Gasteiger partial charge in [-0.15, -0.1) is 0 Å². The van der Waals surface area contributed by atoms with Crippen molar-refractivity contribution in [3.05, 3.63) is 64.7 Å². The van der Waals surface area contributed by atoms with Crippen LogP contribution in [0.1, 0.15) is 27.0 Å². The van der Waals surface area contributed by atoms with E-state index >= 15 is 0 Å². The van der Waals surface area contributed by atoms with Crippen LogP contribution in [-0.4, -0.2) is 17.9 Å². The number of hydrogen-bond donors (Lipinski definition) is 1. The third-order valence-electron chi connectivity index (χ3n) is 3.26. The van der Waals surface area contributed by atoms with Crippen molar-refractivity contribution in [2.75, 3.05) is 12.8 Å². The Morgan fingerprint density at radius 3 is 2.71 bits per heavy atom. The second kappa shape index (κ2) is 6.10. The molecule has 2 rings (SSSR count). The van der Waals surface area contributed by atoms with Gasteiger partial charge >= 0.3 is 0 Å². The number of carbonyl (C=O) groups excluding carboxylic acids is 1. The Kier molecular flexibility index (Phi) is 4.24. The van der Waals surface area contributed by atoms with E-state index in [1.807, 2.05) is 25.1 Å². The van der Waals surface area contributed by atoms with Gasteiger partial charge in [0.1, 0.15) is 0 Å². The molecule has 0 heterocycles. The monoisotopic (exact) mass is 279 g/mol. The lowest BCUT2D eigenvalue weighted by Crippen LogP contribution is -2.27. The molecule has 0 saturated heterocycles. The predicted molar refractivity (Wildman–Crippen MR) is 82.5 cm³/mol. The van der Waals surface area contributed by atoms with Gasteiger partial charge < -0.3 is 10.6 Å². The van der Waals surface area contributed by atoms with Crippen molar-refractivity contribution in [1.29, 1.82) is 5.26 Å². The summed E-state index contributed by atoms with van der Waals surface area (Å²) >= 11 is 0. The third-order valence-corrected chi connectivity index (χ3v) is 3.26. The molecule has 21 heavy (non-hydrogen) atoms. The molecule has 0 atom stereocenters. The maximum Gasteiger partial charge on any atom is 0.255 e. The van der Waals surface area contributed by atoms with E-state index in [1.54, 1.807) is 36.2 Å².